The minimum absolute atomic E-state index is 0.249. The zero-order valence-corrected chi connectivity index (χ0v) is 12.7. The summed E-state index contributed by atoms with van der Waals surface area (Å²) in [6.45, 7) is 2.74. The molecule has 0 aromatic heterocycles. The van der Waals surface area contributed by atoms with E-state index in [1.165, 1.54) is 7.05 Å². The average Bonchev–Trinajstić information content (AvgIpc) is 2.95. The highest BCUT2D eigenvalue weighted by Gasteiger charge is 2.27. The Balaban J connectivity index is 2.15. The van der Waals surface area contributed by atoms with E-state index in [4.69, 9.17) is 5.73 Å². The molecule has 1 aromatic carbocycles. The lowest BCUT2D eigenvalue weighted by Gasteiger charge is -2.21. The molecule has 1 heterocycles. The van der Waals surface area contributed by atoms with E-state index in [1.807, 2.05) is 0 Å². The van der Waals surface area contributed by atoms with Gasteiger partial charge in [-0.15, -0.1) is 0 Å². The van der Waals surface area contributed by atoms with Crippen LogP contribution in [-0.4, -0.2) is 50.8 Å². The highest BCUT2D eigenvalue weighted by Crippen LogP contribution is 2.24. The molecule has 5 nitrogen and oxygen atoms in total. The fourth-order valence-corrected chi connectivity index (χ4v) is 3.56. The van der Waals surface area contributed by atoms with Crippen LogP contribution in [0.25, 0.3) is 0 Å². The van der Waals surface area contributed by atoms with Gasteiger partial charge in [-0.05, 0) is 38.1 Å². The maximum atomic E-state index is 13.9. The Kier molecular flexibility index (Phi) is 4.80. The largest absolute Gasteiger partial charge is 0.394 e. The lowest BCUT2D eigenvalue weighted by atomic mass is 10.3. The summed E-state index contributed by atoms with van der Waals surface area (Å²) in [6, 6.07) is 1.77. The third-order valence-electron chi connectivity index (χ3n) is 3.71. The zero-order chi connectivity index (χ0) is 15.6. The van der Waals surface area contributed by atoms with Crippen LogP contribution in [0.2, 0.25) is 0 Å². The van der Waals surface area contributed by atoms with Crippen molar-refractivity contribution in [2.75, 3.05) is 39.0 Å². The minimum atomic E-state index is -4.02. The predicted octanol–water partition coefficient (Wildman–Crippen LogP) is 1.26. The van der Waals surface area contributed by atoms with Crippen LogP contribution in [0.3, 0.4) is 0 Å². The Morgan fingerprint density at radius 2 is 1.90 bits per heavy atom. The Morgan fingerprint density at radius 1 is 1.29 bits per heavy atom. The number of hydrogen-bond donors (Lipinski definition) is 1. The molecule has 1 aliphatic rings. The molecule has 2 N–H and O–H groups in total. The van der Waals surface area contributed by atoms with Crippen molar-refractivity contribution < 1.29 is 17.2 Å². The molecule has 0 amide bonds. The number of nitrogen functional groups attached to an aromatic ring is 1. The van der Waals surface area contributed by atoms with Crippen LogP contribution in [0, 0.1) is 11.6 Å². The number of nitrogens with zero attached hydrogens (tertiary/aromatic N) is 2. The van der Waals surface area contributed by atoms with Crippen LogP contribution in [0.5, 0.6) is 0 Å². The Hall–Kier alpha value is -1.25. The molecule has 0 radical (unpaired) electrons. The van der Waals surface area contributed by atoms with Gasteiger partial charge in [-0.1, -0.05) is 0 Å². The summed E-state index contributed by atoms with van der Waals surface area (Å²) < 4.78 is 52.7. The van der Waals surface area contributed by atoms with Gasteiger partial charge in [0.1, 0.15) is 16.4 Å². The van der Waals surface area contributed by atoms with E-state index in [9.17, 15) is 17.2 Å². The van der Waals surface area contributed by atoms with Gasteiger partial charge in [0.05, 0.1) is 0 Å². The van der Waals surface area contributed by atoms with Gasteiger partial charge < -0.3 is 10.6 Å². The van der Waals surface area contributed by atoms with Crippen LogP contribution in [0.4, 0.5) is 14.5 Å². The lowest BCUT2D eigenvalue weighted by Crippen LogP contribution is -2.35. The highest BCUT2D eigenvalue weighted by atomic mass is 32.2. The molecule has 1 aliphatic heterocycles. The first-order chi connectivity index (χ1) is 9.84. The second kappa shape index (κ2) is 6.25. The molecule has 0 spiro atoms. The second-order valence-electron chi connectivity index (χ2n) is 5.15. The first-order valence-electron chi connectivity index (χ1n) is 6.76. The summed E-state index contributed by atoms with van der Waals surface area (Å²) >= 11 is 0. The molecule has 8 heteroatoms. The Morgan fingerprint density at radius 3 is 2.52 bits per heavy atom. The lowest BCUT2D eigenvalue weighted by molar-refractivity contribution is 0.309. The van der Waals surface area contributed by atoms with Crippen molar-refractivity contribution in [3.05, 3.63) is 23.8 Å². The van der Waals surface area contributed by atoms with Crippen LogP contribution >= 0.6 is 0 Å². The number of rotatable bonds is 5. The van der Waals surface area contributed by atoms with E-state index in [0.717, 1.165) is 42.4 Å². The van der Waals surface area contributed by atoms with Crippen molar-refractivity contribution in [1.82, 2.24) is 9.21 Å². The number of nitrogens with two attached hydrogens (primary N) is 1. The molecule has 1 fully saturated rings. The van der Waals surface area contributed by atoms with Gasteiger partial charge in [0.15, 0.2) is 5.82 Å². The van der Waals surface area contributed by atoms with Crippen LogP contribution in [0.15, 0.2) is 17.0 Å². The van der Waals surface area contributed by atoms with Gasteiger partial charge in [-0.2, -0.15) is 4.31 Å². The fourth-order valence-electron chi connectivity index (χ4n) is 2.33. The summed E-state index contributed by atoms with van der Waals surface area (Å²) in [5.74, 6) is -2.20. The van der Waals surface area contributed by atoms with Crippen molar-refractivity contribution >= 4 is 15.7 Å². The van der Waals surface area contributed by atoms with E-state index in [1.54, 1.807) is 0 Å². The molecule has 118 valence electrons. The van der Waals surface area contributed by atoms with Crippen LogP contribution in [-0.2, 0) is 10.0 Å². The molecule has 1 saturated heterocycles. The third-order valence-corrected chi connectivity index (χ3v) is 5.58. The Bertz CT molecular complexity index is 616. The highest BCUT2D eigenvalue weighted by molar-refractivity contribution is 7.89. The summed E-state index contributed by atoms with van der Waals surface area (Å²) in [4.78, 5) is 1.56. The van der Waals surface area contributed by atoms with E-state index < -0.39 is 32.2 Å². The van der Waals surface area contributed by atoms with Gasteiger partial charge in [0.25, 0.3) is 0 Å². The molecule has 0 atom stereocenters. The SMILES string of the molecule is CN(CCN1CCCC1)S(=O)(=O)c1ccc(F)c(N)c1F. The number of hydrogen-bond acceptors (Lipinski definition) is 4. The number of benzene rings is 1. The van der Waals surface area contributed by atoms with Crippen molar-refractivity contribution in [2.45, 2.75) is 17.7 Å². The van der Waals surface area contributed by atoms with Gasteiger partial charge in [-0.25, -0.2) is 17.2 Å². The van der Waals surface area contributed by atoms with E-state index in [2.05, 4.69) is 4.90 Å². The van der Waals surface area contributed by atoms with E-state index >= 15 is 0 Å². The Labute approximate surface area is 123 Å². The molecule has 0 saturated carbocycles. The summed E-state index contributed by atoms with van der Waals surface area (Å²) in [5.41, 5.74) is 4.44. The quantitative estimate of drug-likeness (QED) is 0.830. The smallest absolute Gasteiger partial charge is 0.245 e. The maximum Gasteiger partial charge on any atom is 0.245 e. The van der Waals surface area contributed by atoms with E-state index in [-0.39, 0.29) is 6.54 Å². The molecule has 21 heavy (non-hydrogen) atoms. The number of sulfonamides is 1. The second-order valence-corrected chi connectivity index (χ2v) is 7.16. The number of anilines is 1. The molecule has 2 rings (SSSR count). The topological polar surface area (TPSA) is 66.6 Å². The van der Waals surface area contributed by atoms with E-state index in [0.29, 0.717) is 6.54 Å². The number of likely N-dealkylation sites (N-methyl/N-ethyl adjacent to an activating group) is 1. The van der Waals surface area contributed by atoms with Gasteiger partial charge >= 0.3 is 0 Å². The first-order valence-corrected chi connectivity index (χ1v) is 8.20. The average molecular weight is 319 g/mol. The fraction of sp³-hybridized carbons (Fsp3) is 0.538. The number of halogens is 2. The molecule has 0 aliphatic carbocycles. The van der Waals surface area contributed by atoms with Crippen LogP contribution < -0.4 is 5.73 Å². The monoisotopic (exact) mass is 319 g/mol. The zero-order valence-electron chi connectivity index (χ0n) is 11.8. The maximum absolute atomic E-state index is 13.9. The van der Waals surface area contributed by atoms with Crippen LogP contribution in [0.1, 0.15) is 12.8 Å². The predicted molar refractivity (Wildman–Crippen MR) is 76.3 cm³/mol. The molecular formula is C13H19F2N3O2S. The van der Waals surface area contributed by atoms with Crippen molar-refractivity contribution in [1.29, 1.82) is 0 Å². The summed E-state index contributed by atoms with van der Waals surface area (Å²) in [5, 5.41) is 0. The normalized spacial score (nSPS) is 16.8. The van der Waals surface area contributed by atoms with Crippen molar-refractivity contribution in [3.8, 4) is 0 Å². The molecule has 1 aromatic rings. The summed E-state index contributed by atoms with van der Waals surface area (Å²) in [7, 11) is -2.64. The molecule has 0 bridgehead atoms. The molecular weight excluding hydrogens is 300 g/mol. The van der Waals surface area contributed by atoms with Gasteiger partial charge in [0.2, 0.25) is 10.0 Å². The van der Waals surface area contributed by atoms with Crippen molar-refractivity contribution in [3.63, 3.8) is 0 Å². The third kappa shape index (κ3) is 3.33. The molecule has 0 unspecified atom stereocenters. The van der Waals surface area contributed by atoms with Crippen molar-refractivity contribution in [2.24, 2.45) is 0 Å². The first kappa shape index (κ1) is 16.1. The minimum Gasteiger partial charge on any atom is -0.394 e. The number of likely N-dealkylation sites (tertiary alicyclic amines) is 1. The van der Waals surface area contributed by atoms with Gasteiger partial charge in [-0.3, -0.25) is 0 Å². The van der Waals surface area contributed by atoms with Gasteiger partial charge in [0, 0.05) is 20.1 Å². The standard InChI is InChI=1S/C13H19F2N3O2S/c1-17(8-9-18-6-2-3-7-18)21(19,20)11-5-4-10(14)13(16)12(11)15/h4-5H,2-3,6-9,16H2,1H3. The summed E-state index contributed by atoms with van der Waals surface area (Å²) in [6.07, 6.45) is 2.22.